The van der Waals surface area contributed by atoms with Gasteiger partial charge in [0.1, 0.15) is 12.7 Å². The van der Waals surface area contributed by atoms with E-state index >= 15 is 0 Å². The number of hydrogen-bond acceptors (Lipinski definition) is 22. The van der Waals surface area contributed by atoms with Crippen molar-refractivity contribution in [1.82, 2.24) is 0 Å². The summed E-state index contributed by atoms with van der Waals surface area (Å²) < 4.78 is 5.29. The zero-order valence-electron chi connectivity index (χ0n) is 35.5. The highest BCUT2D eigenvalue weighted by atomic mass is 16.5. The minimum Gasteiger partial charge on any atom is -0.463 e. The quantitative estimate of drug-likeness (QED) is 0.0255. The lowest BCUT2D eigenvalue weighted by molar-refractivity contribution is -0.159. The zero-order valence-corrected chi connectivity index (χ0v) is 35.5. The Balaban J connectivity index is 8.74. The number of aliphatic hydroxyl groups excluding tert-OH is 20. The summed E-state index contributed by atoms with van der Waals surface area (Å²) >= 11 is 0. The van der Waals surface area contributed by atoms with Gasteiger partial charge >= 0.3 is 5.97 Å². The summed E-state index contributed by atoms with van der Waals surface area (Å²) in [5.41, 5.74) is 0. The summed E-state index contributed by atoms with van der Waals surface area (Å²) in [5, 5.41) is 209. The first kappa shape index (κ1) is 60.7. The second-order valence-corrected chi connectivity index (χ2v) is 16.8. The van der Waals surface area contributed by atoms with Gasteiger partial charge in [-0.05, 0) is 106 Å². The monoisotopic (exact) mass is 913 g/mol. The Morgan fingerprint density at radius 2 is 0.581 bits per heavy atom. The molecule has 22 heteroatoms. The van der Waals surface area contributed by atoms with Crippen molar-refractivity contribution in [2.45, 2.75) is 125 Å². The summed E-state index contributed by atoms with van der Waals surface area (Å²) in [6.07, 6.45) is -19.7. The van der Waals surface area contributed by atoms with E-state index in [-0.39, 0.29) is 25.7 Å². The SMILES string of the molecule is O=C(OCC(O)CO)C(CC(O)CO)C(CC(O)CO)C(CC(O)CO)C(CC(O)CO)C(CC(O)CO)C(CC(O)CO)C(CC(O)CO)C(CCC(O)CO)CC(O)CO. The van der Waals surface area contributed by atoms with Crippen LogP contribution in [0.15, 0.2) is 0 Å². The van der Waals surface area contributed by atoms with Crippen LogP contribution >= 0.6 is 0 Å². The number of esters is 1. The van der Waals surface area contributed by atoms with Crippen molar-refractivity contribution in [1.29, 1.82) is 0 Å². The smallest absolute Gasteiger partial charge is 0.309 e. The molecule has 0 spiro atoms. The Labute approximate surface area is 362 Å². The maximum Gasteiger partial charge on any atom is 0.309 e. The first-order chi connectivity index (χ1) is 29.3. The van der Waals surface area contributed by atoms with Crippen molar-refractivity contribution < 1.29 is 112 Å². The van der Waals surface area contributed by atoms with E-state index in [2.05, 4.69) is 0 Å². The van der Waals surface area contributed by atoms with Crippen molar-refractivity contribution in [2.75, 3.05) is 72.7 Å². The summed E-state index contributed by atoms with van der Waals surface area (Å²) in [6, 6.07) is 0. The highest BCUT2D eigenvalue weighted by Crippen LogP contribution is 2.50. The standard InChI is InChI=1S/C40H80O22/c41-11-23(51)2-1-22(3-24(52)12-42)33(4-25(53)13-43)34(5-26(54)14-44)35(6-27(55)15-45)36(7-28(56)16-46)37(8-29(57)17-47)38(9-30(58)18-48)39(10-31(59)19-49)40(61)62-21-32(60)20-50/h22-39,41-60H,1-21H2. The van der Waals surface area contributed by atoms with Gasteiger partial charge in [-0.15, -0.1) is 0 Å². The van der Waals surface area contributed by atoms with Gasteiger partial charge in [-0.25, -0.2) is 0 Å². The van der Waals surface area contributed by atoms with Crippen molar-refractivity contribution in [3.05, 3.63) is 0 Å². The maximum absolute atomic E-state index is 14.0. The molecule has 0 aliphatic carbocycles. The van der Waals surface area contributed by atoms with E-state index in [1.165, 1.54) is 0 Å². The fourth-order valence-corrected chi connectivity index (χ4v) is 8.93. The molecular weight excluding hydrogens is 832 g/mol. The van der Waals surface area contributed by atoms with E-state index < -0.39 is 226 Å². The molecule has 0 heterocycles. The molecule has 0 aromatic heterocycles. The average Bonchev–Trinajstić information content (AvgIpc) is 3.28. The van der Waals surface area contributed by atoms with Crippen LogP contribution in [-0.4, -0.2) is 242 Å². The molecule has 0 saturated heterocycles. The van der Waals surface area contributed by atoms with E-state index in [9.17, 15) is 107 Å². The van der Waals surface area contributed by atoms with Gasteiger partial charge in [0.2, 0.25) is 0 Å². The molecule has 0 aliphatic heterocycles. The molecule has 18 atom stereocenters. The zero-order chi connectivity index (χ0) is 47.5. The molecule has 0 amide bonds. The van der Waals surface area contributed by atoms with Crippen molar-refractivity contribution in [2.24, 2.45) is 47.3 Å². The van der Waals surface area contributed by atoms with Gasteiger partial charge in [-0.3, -0.25) is 4.79 Å². The summed E-state index contributed by atoms with van der Waals surface area (Å²) in [5.74, 6) is -11.3. The van der Waals surface area contributed by atoms with Gasteiger partial charge < -0.3 is 107 Å². The number of rotatable bonds is 39. The predicted octanol–water partition coefficient (Wildman–Crippen LogP) is -7.11. The van der Waals surface area contributed by atoms with Gasteiger partial charge in [-0.1, -0.05) is 0 Å². The summed E-state index contributed by atoms with van der Waals surface area (Å²) in [7, 11) is 0. The van der Waals surface area contributed by atoms with Crippen LogP contribution in [0.3, 0.4) is 0 Å². The number of hydrogen-bond donors (Lipinski definition) is 20. The molecule has 62 heavy (non-hydrogen) atoms. The molecule has 372 valence electrons. The van der Waals surface area contributed by atoms with Crippen LogP contribution < -0.4 is 0 Å². The topological polar surface area (TPSA) is 431 Å². The second kappa shape index (κ2) is 34.0. The van der Waals surface area contributed by atoms with Crippen molar-refractivity contribution in [3.8, 4) is 0 Å². The molecule has 0 aromatic carbocycles. The lowest BCUT2D eigenvalue weighted by Gasteiger charge is -2.49. The lowest BCUT2D eigenvalue weighted by atomic mass is 9.57. The lowest BCUT2D eigenvalue weighted by Crippen LogP contribution is -2.48. The molecule has 20 N–H and O–H groups in total. The largest absolute Gasteiger partial charge is 0.463 e. The third-order valence-corrected chi connectivity index (χ3v) is 11.9. The number of ether oxygens (including phenoxy) is 1. The molecule has 0 bridgehead atoms. The molecule has 0 radical (unpaired) electrons. The van der Waals surface area contributed by atoms with Gasteiger partial charge in [0.25, 0.3) is 0 Å². The Hall–Kier alpha value is -1.33. The third kappa shape index (κ3) is 22.7. The molecule has 0 fully saturated rings. The molecule has 0 saturated carbocycles. The Morgan fingerprint density at radius 1 is 0.306 bits per heavy atom. The Morgan fingerprint density at radius 3 is 0.935 bits per heavy atom. The predicted molar refractivity (Wildman–Crippen MR) is 216 cm³/mol. The molecular formula is C40H80O22. The van der Waals surface area contributed by atoms with Crippen molar-refractivity contribution >= 4 is 5.97 Å². The van der Waals surface area contributed by atoms with E-state index in [0.717, 1.165) is 0 Å². The van der Waals surface area contributed by atoms with Crippen LogP contribution in [0.1, 0.15) is 64.2 Å². The van der Waals surface area contributed by atoms with Gasteiger partial charge in [0, 0.05) is 0 Å². The first-order valence-electron chi connectivity index (χ1n) is 21.4. The summed E-state index contributed by atoms with van der Waals surface area (Å²) in [4.78, 5) is 14.0. The minimum atomic E-state index is -1.66. The van der Waals surface area contributed by atoms with E-state index in [0.29, 0.717) is 0 Å². The molecule has 22 nitrogen and oxygen atoms in total. The van der Waals surface area contributed by atoms with Crippen LogP contribution in [0.25, 0.3) is 0 Å². The minimum absolute atomic E-state index is 0.0445. The number of carbonyl (C=O) groups excluding carboxylic acids is 1. The number of aliphatic hydroxyl groups is 20. The van der Waals surface area contributed by atoms with Crippen LogP contribution in [-0.2, 0) is 9.53 Å². The van der Waals surface area contributed by atoms with Gasteiger partial charge in [0.05, 0.1) is 127 Å². The Bertz CT molecular complexity index is 1100. The van der Waals surface area contributed by atoms with Gasteiger partial charge in [-0.2, -0.15) is 0 Å². The average molecular weight is 913 g/mol. The first-order valence-corrected chi connectivity index (χ1v) is 21.4. The van der Waals surface area contributed by atoms with Crippen LogP contribution in [0.2, 0.25) is 0 Å². The van der Waals surface area contributed by atoms with Crippen LogP contribution in [0.4, 0.5) is 0 Å². The van der Waals surface area contributed by atoms with Gasteiger partial charge in [0.15, 0.2) is 0 Å². The summed E-state index contributed by atoms with van der Waals surface area (Å²) in [6.45, 7) is -9.34. The fraction of sp³-hybridized carbons (Fsp3) is 0.975. The maximum atomic E-state index is 14.0. The normalized spacial score (nSPS) is 21.2. The number of carbonyl (C=O) groups is 1. The van der Waals surface area contributed by atoms with E-state index in [4.69, 9.17) is 4.74 Å². The van der Waals surface area contributed by atoms with Crippen molar-refractivity contribution in [3.63, 3.8) is 0 Å². The third-order valence-electron chi connectivity index (χ3n) is 11.9. The van der Waals surface area contributed by atoms with Crippen LogP contribution in [0.5, 0.6) is 0 Å². The fourth-order valence-electron chi connectivity index (χ4n) is 8.93. The highest BCUT2D eigenvalue weighted by Gasteiger charge is 2.48. The van der Waals surface area contributed by atoms with E-state index in [1.54, 1.807) is 0 Å². The Kier molecular flexibility index (Phi) is 33.3. The molecule has 0 aliphatic rings. The molecule has 0 rings (SSSR count). The van der Waals surface area contributed by atoms with Crippen LogP contribution in [0, 0.1) is 47.3 Å². The highest BCUT2D eigenvalue weighted by molar-refractivity contribution is 5.73. The molecule has 0 aromatic rings. The molecule has 18 unspecified atom stereocenters. The van der Waals surface area contributed by atoms with E-state index in [1.807, 2.05) is 0 Å². The second-order valence-electron chi connectivity index (χ2n) is 16.8.